The summed E-state index contributed by atoms with van der Waals surface area (Å²) >= 11 is 0. The molecule has 0 aliphatic carbocycles. The molecule has 0 spiro atoms. The molecule has 0 heterocycles. The number of rotatable bonds is 8. The Morgan fingerprint density at radius 2 is 2.00 bits per heavy atom. The highest BCUT2D eigenvalue weighted by molar-refractivity contribution is 5.88. The average Bonchev–Trinajstić information content (AvgIpc) is 2.48. The van der Waals surface area contributed by atoms with Crippen LogP contribution in [0.2, 0.25) is 0 Å². The molecule has 0 fully saturated rings. The number of nitro benzene ring substituents is 1. The predicted molar refractivity (Wildman–Crippen MR) is 83.6 cm³/mol. The van der Waals surface area contributed by atoms with Crippen LogP contribution in [0.3, 0.4) is 0 Å². The monoisotopic (exact) mass is 293 g/mol. The van der Waals surface area contributed by atoms with Gasteiger partial charge in [-0.25, -0.2) is 4.79 Å². The maximum absolute atomic E-state index is 10.4. The largest absolute Gasteiger partial charge is 0.478 e. The lowest BCUT2D eigenvalue weighted by Gasteiger charge is -1.94. The highest BCUT2D eigenvalue weighted by Gasteiger charge is 2.09. The number of nitrogens with zero attached hydrogens (tertiary/aromatic N) is 1. The molecule has 0 radical (unpaired) electrons. The topological polar surface area (TPSA) is 80.4 Å². The number of hydrogen-bond acceptors (Lipinski definition) is 3. The van der Waals surface area contributed by atoms with Crippen LogP contribution in [0.15, 0.2) is 36.9 Å². The number of carbonyl (C=O) groups is 1. The first-order valence-corrected chi connectivity index (χ1v) is 7.11. The van der Waals surface area contributed by atoms with Crippen LogP contribution in [0.1, 0.15) is 55.8 Å². The molecule has 0 atom stereocenters. The molecule has 0 aliphatic rings. The highest BCUT2D eigenvalue weighted by atomic mass is 16.6. The maximum Gasteiger partial charge on any atom is 0.335 e. The molecule has 0 unspecified atom stereocenters. The van der Waals surface area contributed by atoms with Crippen LogP contribution in [-0.2, 0) is 0 Å². The molecule has 5 nitrogen and oxygen atoms in total. The van der Waals surface area contributed by atoms with E-state index in [9.17, 15) is 14.9 Å². The van der Waals surface area contributed by atoms with Gasteiger partial charge in [-0.05, 0) is 18.9 Å². The lowest BCUT2D eigenvalue weighted by molar-refractivity contribution is -0.384. The van der Waals surface area contributed by atoms with E-state index in [0.29, 0.717) is 0 Å². The molecule has 0 amide bonds. The number of carboxylic acids is 1. The molecular formula is C16H23NO4. The minimum absolute atomic E-state index is 0.0794. The van der Waals surface area contributed by atoms with Gasteiger partial charge >= 0.3 is 5.97 Å². The van der Waals surface area contributed by atoms with Gasteiger partial charge in [0.1, 0.15) is 0 Å². The molecule has 0 bridgehead atoms. The third kappa shape index (κ3) is 9.38. The van der Waals surface area contributed by atoms with E-state index in [-0.39, 0.29) is 11.3 Å². The fourth-order valence-corrected chi connectivity index (χ4v) is 1.64. The Bertz CT molecular complexity index is 428. The Morgan fingerprint density at radius 3 is 2.52 bits per heavy atom. The van der Waals surface area contributed by atoms with E-state index in [2.05, 4.69) is 13.5 Å². The van der Waals surface area contributed by atoms with Gasteiger partial charge in [0, 0.05) is 12.1 Å². The van der Waals surface area contributed by atoms with Gasteiger partial charge in [-0.1, -0.05) is 44.7 Å². The molecule has 0 saturated heterocycles. The van der Waals surface area contributed by atoms with E-state index >= 15 is 0 Å². The molecule has 1 aromatic rings. The van der Waals surface area contributed by atoms with Crippen molar-refractivity contribution in [2.45, 2.75) is 45.4 Å². The van der Waals surface area contributed by atoms with Crippen molar-refractivity contribution in [3.8, 4) is 0 Å². The number of unbranched alkanes of at least 4 members (excludes halogenated alkanes) is 5. The molecule has 1 N–H and O–H groups in total. The zero-order valence-corrected chi connectivity index (χ0v) is 12.5. The number of allylic oxidation sites excluding steroid dienone is 1. The van der Waals surface area contributed by atoms with Crippen molar-refractivity contribution in [3.63, 3.8) is 0 Å². The van der Waals surface area contributed by atoms with Crippen LogP contribution in [0, 0.1) is 10.1 Å². The lowest BCUT2D eigenvalue weighted by atomic mass is 10.1. The fourth-order valence-electron chi connectivity index (χ4n) is 1.64. The van der Waals surface area contributed by atoms with Gasteiger partial charge in [0.15, 0.2) is 0 Å². The van der Waals surface area contributed by atoms with E-state index in [1.165, 1.54) is 56.7 Å². The van der Waals surface area contributed by atoms with E-state index in [1.54, 1.807) is 0 Å². The molecule has 0 saturated carbocycles. The SMILES string of the molecule is C=CCCCCCCC.O=C(O)c1cccc([N+](=O)[O-])c1. The summed E-state index contributed by atoms with van der Waals surface area (Å²) in [5.74, 6) is -1.17. The van der Waals surface area contributed by atoms with Gasteiger partial charge in [0.25, 0.3) is 5.69 Å². The van der Waals surface area contributed by atoms with Crippen molar-refractivity contribution in [1.29, 1.82) is 0 Å². The number of benzene rings is 1. The summed E-state index contributed by atoms with van der Waals surface area (Å²) in [4.78, 5) is 19.9. The van der Waals surface area contributed by atoms with Gasteiger partial charge in [-0.15, -0.1) is 6.58 Å². The van der Waals surface area contributed by atoms with Crippen LogP contribution in [-0.4, -0.2) is 16.0 Å². The predicted octanol–water partition coefficient (Wildman–Crippen LogP) is 4.83. The van der Waals surface area contributed by atoms with Gasteiger partial charge in [-0.2, -0.15) is 0 Å². The normalized spacial score (nSPS) is 9.38. The molecule has 5 heteroatoms. The fraction of sp³-hybridized carbons (Fsp3) is 0.438. The second kappa shape index (κ2) is 11.6. The summed E-state index contributed by atoms with van der Waals surface area (Å²) in [6.45, 7) is 5.92. The van der Waals surface area contributed by atoms with Crippen molar-refractivity contribution in [1.82, 2.24) is 0 Å². The Kier molecular flexibility index (Phi) is 10.4. The summed E-state index contributed by atoms with van der Waals surface area (Å²) in [7, 11) is 0. The molecule has 116 valence electrons. The molecule has 0 aromatic heterocycles. The summed E-state index contributed by atoms with van der Waals surface area (Å²) in [6.07, 6.45) is 10.1. The van der Waals surface area contributed by atoms with Crippen molar-refractivity contribution in [3.05, 3.63) is 52.6 Å². The van der Waals surface area contributed by atoms with Gasteiger partial charge < -0.3 is 5.11 Å². The van der Waals surface area contributed by atoms with Gasteiger partial charge in [-0.3, -0.25) is 10.1 Å². The second-order valence-corrected chi connectivity index (χ2v) is 4.60. The molecule has 0 aliphatic heterocycles. The molecule has 1 aromatic carbocycles. The van der Waals surface area contributed by atoms with Crippen molar-refractivity contribution >= 4 is 11.7 Å². The minimum Gasteiger partial charge on any atom is -0.478 e. The third-order valence-electron chi connectivity index (χ3n) is 2.82. The van der Waals surface area contributed by atoms with Crippen molar-refractivity contribution in [2.24, 2.45) is 0 Å². The van der Waals surface area contributed by atoms with Crippen LogP contribution in [0.25, 0.3) is 0 Å². The van der Waals surface area contributed by atoms with Crippen LogP contribution in [0.4, 0.5) is 5.69 Å². The number of carboxylic acid groups (broad SMARTS) is 1. The summed E-state index contributed by atoms with van der Waals surface area (Å²) in [5, 5.41) is 18.7. The Morgan fingerprint density at radius 1 is 1.33 bits per heavy atom. The molecule has 1 rings (SSSR count). The van der Waals surface area contributed by atoms with E-state index < -0.39 is 10.9 Å². The van der Waals surface area contributed by atoms with E-state index in [1.807, 2.05) is 6.08 Å². The average molecular weight is 293 g/mol. The Balaban J connectivity index is 0.000000400. The van der Waals surface area contributed by atoms with Crippen molar-refractivity contribution in [2.75, 3.05) is 0 Å². The summed E-state index contributed by atoms with van der Waals surface area (Å²) in [5.41, 5.74) is -0.292. The van der Waals surface area contributed by atoms with Crippen LogP contribution < -0.4 is 0 Å². The quantitative estimate of drug-likeness (QED) is 0.322. The zero-order chi connectivity index (χ0) is 16.1. The minimum atomic E-state index is -1.17. The highest BCUT2D eigenvalue weighted by Crippen LogP contribution is 2.12. The Hall–Kier alpha value is -2.17. The van der Waals surface area contributed by atoms with Crippen molar-refractivity contribution < 1.29 is 14.8 Å². The first-order chi connectivity index (χ1) is 10.0. The summed E-state index contributed by atoms with van der Waals surface area (Å²) < 4.78 is 0. The first-order valence-electron chi connectivity index (χ1n) is 7.11. The van der Waals surface area contributed by atoms with Crippen LogP contribution in [0.5, 0.6) is 0 Å². The van der Waals surface area contributed by atoms with Gasteiger partial charge in [0.2, 0.25) is 0 Å². The third-order valence-corrected chi connectivity index (χ3v) is 2.82. The second-order valence-electron chi connectivity index (χ2n) is 4.60. The standard InChI is InChI=1S/C9H18.C7H5NO4/c1-3-5-7-9-8-6-4-2;9-7(10)5-2-1-3-6(4-5)8(11)12/h3H,1,4-9H2,2H3;1-4H,(H,9,10). The summed E-state index contributed by atoms with van der Waals surface area (Å²) in [6, 6.07) is 4.89. The zero-order valence-electron chi connectivity index (χ0n) is 12.5. The lowest BCUT2D eigenvalue weighted by Crippen LogP contribution is -1.97. The number of nitro groups is 1. The van der Waals surface area contributed by atoms with Gasteiger partial charge in [0.05, 0.1) is 10.5 Å². The van der Waals surface area contributed by atoms with E-state index in [4.69, 9.17) is 5.11 Å². The number of aromatic carboxylic acids is 1. The first kappa shape index (κ1) is 18.8. The van der Waals surface area contributed by atoms with Crippen LogP contribution >= 0.6 is 0 Å². The molecule has 21 heavy (non-hydrogen) atoms. The smallest absolute Gasteiger partial charge is 0.335 e. The maximum atomic E-state index is 10.4. The van der Waals surface area contributed by atoms with E-state index in [0.717, 1.165) is 6.07 Å². The Labute approximate surface area is 125 Å². The number of non-ortho nitro benzene ring substituents is 1. The molecular weight excluding hydrogens is 270 g/mol. The number of hydrogen-bond donors (Lipinski definition) is 1.